The van der Waals surface area contributed by atoms with Crippen molar-refractivity contribution in [2.45, 2.75) is 31.9 Å². The second kappa shape index (κ2) is 6.88. The number of nitriles is 1. The predicted molar refractivity (Wildman–Crippen MR) is 91.8 cm³/mol. The molecule has 6 heteroatoms. The quantitative estimate of drug-likeness (QED) is 0.683. The van der Waals surface area contributed by atoms with E-state index in [4.69, 9.17) is 0 Å². The van der Waals surface area contributed by atoms with Crippen LogP contribution >= 0.6 is 11.8 Å². The van der Waals surface area contributed by atoms with Gasteiger partial charge in [0.05, 0.1) is 5.25 Å². The first kappa shape index (κ1) is 17.1. The van der Waals surface area contributed by atoms with Gasteiger partial charge in [-0.1, -0.05) is 37.7 Å². The number of thioether (sulfide) groups is 1. The van der Waals surface area contributed by atoms with Crippen LogP contribution in [0.3, 0.4) is 0 Å². The van der Waals surface area contributed by atoms with Crippen molar-refractivity contribution in [3.8, 4) is 6.07 Å². The summed E-state index contributed by atoms with van der Waals surface area (Å²) in [5, 5.41) is 11.8. The molecule has 1 aliphatic heterocycles. The van der Waals surface area contributed by atoms with Crippen molar-refractivity contribution in [2.24, 2.45) is 0 Å². The molecule has 23 heavy (non-hydrogen) atoms. The Morgan fingerprint density at radius 1 is 1.35 bits per heavy atom. The van der Waals surface area contributed by atoms with Crippen molar-refractivity contribution < 1.29 is 9.59 Å². The molecule has 0 saturated carbocycles. The third kappa shape index (κ3) is 3.25. The minimum Gasteiger partial charge on any atom is -0.354 e. The van der Waals surface area contributed by atoms with Gasteiger partial charge in [-0.25, -0.2) is 0 Å². The maximum Gasteiger partial charge on any atom is 0.264 e. The van der Waals surface area contributed by atoms with Crippen LogP contribution in [0.5, 0.6) is 0 Å². The van der Waals surface area contributed by atoms with E-state index in [-0.39, 0.29) is 16.7 Å². The first-order valence-electron chi connectivity index (χ1n) is 7.37. The van der Waals surface area contributed by atoms with Crippen molar-refractivity contribution in [3.63, 3.8) is 0 Å². The first-order chi connectivity index (χ1) is 10.9. The fourth-order valence-electron chi connectivity index (χ4n) is 2.30. The van der Waals surface area contributed by atoms with Crippen molar-refractivity contribution >= 4 is 29.3 Å². The number of nitrogens with one attached hydrogen (secondary N) is 1. The van der Waals surface area contributed by atoms with Crippen molar-refractivity contribution in [3.05, 3.63) is 40.4 Å². The van der Waals surface area contributed by atoms with E-state index in [0.717, 1.165) is 0 Å². The smallest absolute Gasteiger partial charge is 0.264 e. The fraction of sp³-hybridized carbons (Fsp3) is 0.353. The molecule has 1 aromatic carbocycles. The van der Waals surface area contributed by atoms with E-state index in [1.165, 1.54) is 29.3 Å². The molecule has 1 aromatic rings. The van der Waals surface area contributed by atoms with Crippen LogP contribution < -0.4 is 10.2 Å². The summed E-state index contributed by atoms with van der Waals surface area (Å²) in [5.41, 5.74) is 1.80. The zero-order valence-electron chi connectivity index (χ0n) is 13.6. The monoisotopic (exact) mass is 329 g/mol. The van der Waals surface area contributed by atoms with Gasteiger partial charge < -0.3 is 5.32 Å². The average Bonchev–Trinajstić information content (AvgIpc) is 2.83. The Bertz CT molecular complexity index is 702. The molecule has 0 aliphatic carbocycles. The maximum atomic E-state index is 12.5. The number of likely N-dealkylation sites (N-methyl/N-ethyl adjacent to an activating group) is 1. The summed E-state index contributed by atoms with van der Waals surface area (Å²) in [7, 11) is 1.47. The molecule has 0 radical (unpaired) electrons. The lowest BCUT2D eigenvalue weighted by atomic mass is 10.0. The molecule has 0 aromatic heterocycles. The van der Waals surface area contributed by atoms with Crippen molar-refractivity contribution in [1.29, 1.82) is 5.26 Å². The van der Waals surface area contributed by atoms with Gasteiger partial charge in [-0.05, 0) is 30.5 Å². The van der Waals surface area contributed by atoms with Crippen LogP contribution in [0.15, 0.2) is 34.9 Å². The number of benzene rings is 1. The van der Waals surface area contributed by atoms with Gasteiger partial charge in [-0.3, -0.25) is 14.5 Å². The van der Waals surface area contributed by atoms with Gasteiger partial charge in [0.2, 0.25) is 5.91 Å². The van der Waals surface area contributed by atoms with Gasteiger partial charge in [0, 0.05) is 12.7 Å². The molecular weight excluding hydrogens is 310 g/mol. The highest BCUT2D eigenvalue weighted by Crippen LogP contribution is 2.40. The molecule has 2 amide bonds. The highest BCUT2D eigenvalue weighted by molar-refractivity contribution is 8.05. The summed E-state index contributed by atoms with van der Waals surface area (Å²) in [4.78, 5) is 25.9. The zero-order valence-corrected chi connectivity index (χ0v) is 14.4. The molecule has 2 rings (SSSR count). The molecule has 1 fully saturated rings. The molecule has 1 N–H and O–H groups in total. The summed E-state index contributed by atoms with van der Waals surface area (Å²) in [6, 6.07) is 9.55. The standard InChI is InChI=1S/C17H19N3O2S/c1-10(2)12-5-7-13(8-6-12)20-16(22)11(3)23-17(20)14(9-18)15(21)19-4/h5-8,10-11H,1-4H3,(H,19,21)/b17-14-. The number of hydrogen-bond acceptors (Lipinski definition) is 4. The Labute approximate surface area is 140 Å². The Morgan fingerprint density at radius 3 is 2.43 bits per heavy atom. The van der Waals surface area contributed by atoms with Crippen molar-refractivity contribution in [1.82, 2.24) is 5.32 Å². The normalized spacial score (nSPS) is 19.7. The molecular formula is C17H19N3O2S. The minimum atomic E-state index is -0.485. The lowest BCUT2D eigenvalue weighted by Gasteiger charge is -2.19. The van der Waals surface area contributed by atoms with Gasteiger partial charge in [-0.15, -0.1) is 0 Å². The Balaban J connectivity index is 2.52. The number of amides is 2. The van der Waals surface area contributed by atoms with Crippen LogP contribution in [-0.4, -0.2) is 24.1 Å². The molecule has 120 valence electrons. The number of carbonyl (C=O) groups excluding carboxylic acids is 2. The second-order valence-corrected chi connectivity index (χ2v) is 6.88. The Kier molecular flexibility index (Phi) is 5.12. The highest BCUT2D eigenvalue weighted by atomic mass is 32.2. The number of rotatable bonds is 3. The SMILES string of the molecule is CNC(=O)/C(C#N)=C1\SC(C)C(=O)N1c1ccc(C(C)C)cc1. The lowest BCUT2D eigenvalue weighted by Crippen LogP contribution is -2.30. The van der Waals surface area contributed by atoms with E-state index in [0.29, 0.717) is 16.6 Å². The largest absolute Gasteiger partial charge is 0.354 e. The summed E-state index contributed by atoms with van der Waals surface area (Å²) in [6.07, 6.45) is 0. The second-order valence-electron chi connectivity index (χ2n) is 5.55. The molecule has 1 saturated heterocycles. The van der Waals surface area contributed by atoms with Gasteiger partial charge >= 0.3 is 0 Å². The van der Waals surface area contributed by atoms with Crippen LogP contribution in [0.1, 0.15) is 32.3 Å². The highest BCUT2D eigenvalue weighted by Gasteiger charge is 2.38. The summed E-state index contributed by atoms with van der Waals surface area (Å²) in [6.45, 7) is 5.96. The van der Waals surface area contributed by atoms with Crippen LogP contribution in [0.25, 0.3) is 0 Å². The van der Waals surface area contributed by atoms with Crippen LogP contribution in [0, 0.1) is 11.3 Å². The molecule has 1 aliphatic rings. The fourth-order valence-corrected chi connectivity index (χ4v) is 3.39. The van der Waals surface area contributed by atoms with Gasteiger partial charge in [0.1, 0.15) is 16.7 Å². The predicted octanol–water partition coefficient (Wildman–Crippen LogP) is 2.76. The molecule has 0 spiro atoms. The van der Waals surface area contributed by atoms with Crippen LogP contribution in [0.4, 0.5) is 5.69 Å². The first-order valence-corrected chi connectivity index (χ1v) is 8.25. The number of hydrogen-bond donors (Lipinski definition) is 1. The summed E-state index contributed by atoms with van der Waals surface area (Å²) < 4.78 is 0. The van der Waals surface area contributed by atoms with E-state index in [1.54, 1.807) is 6.92 Å². The molecule has 1 atom stereocenters. The van der Waals surface area contributed by atoms with Crippen LogP contribution in [-0.2, 0) is 9.59 Å². The number of carbonyl (C=O) groups is 2. The van der Waals surface area contributed by atoms with Gasteiger partial charge in [0.15, 0.2) is 0 Å². The van der Waals surface area contributed by atoms with E-state index >= 15 is 0 Å². The van der Waals surface area contributed by atoms with E-state index in [9.17, 15) is 14.9 Å². The molecule has 1 heterocycles. The Morgan fingerprint density at radius 2 is 1.96 bits per heavy atom. The van der Waals surface area contributed by atoms with E-state index in [2.05, 4.69) is 19.2 Å². The Hall–Kier alpha value is -2.26. The summed E-state index contributed by atoms with van der Waals surface area (Å²) >= 11 is 1.24. The third-order valence-corrected chi connectivity index (χ3v) is 4.82. The number of anilines is 1. The van der Waals surface area contributed by atoms with Gasteiger partial charge in [0.25, 0.3) is 5.91 Å². The average molecular weight is 329 g/mol. The van der Waals surface area contributed by atoms with E-state index in [1.807, 2.05) is 30.3 Å². The number of nitrogens with zero attached hydrogens (tertiary/aromatic N) is 2. The van der Waals surface area contributed by atoms with E-state index < -0.39 is 5.91 Å². The summed E-state index contributed by atoms with van der Waals surface area (Å²) in [5.74, 6) is -0.221. The molecule has 0 bridgehead atoms. The molecule has 1 unspecified atom stereocenters. The topological polar surface area (TPSA) is 73.2 Å². The minimum absolute atomic E-state index is 0.0388. The van der Waals surface area contributed by atoms with Gasteiger partial charge in [-0.2, -0.15) is 5.26 Å². The van der Waals surface area contributed by atoms with Crippen LogP contribution in [0.2, 0.25) is 0 Å². The third-order valence-electron chi connectivity index (χ3n) is 3.66. The maximum absolute atomic E-state index is 12.5. The zero-order chi connectivity index (χ0) is 17.1. The molecule has 5 nitrogen and oxygen atoms in total. The van der Waals surface area contributed by atoms with Crippen molar-refractivity contribution in [2.75, 3.05) is 11.9 Å². The lowest BCUT2D eigenvalue weighted by molar-refractivity contribution is -0.117.